The predicted octanol–water partition coefficient (Wildman–Crippen LogP) is 3.15. The van der Waals surface area contributed by atoms with E-state index in [2.05, 4.69) is 4.99 Å². The number of aliphatic imine (C=N–C) groups is 1. The Morgan fingerprint density at radius 3 is 2.85 bits per heavy atom. The van der Waals surface area contributed by atoms with Crippen LogP contribution in [0.4, 0.5) is 4.79 Å². The fourth-order valence-electron chi connectivity index (χ4n) is 2.14. The molecule has 0 bridgehead atoms. The third-order valence-electron chi connectivity index (χ3n) is 3.45. The number of rotatable bonds is 7. The molecule has 1 aliphatic heterocycles. The minimum atomic E-state index is -1.11. The summed E-state index contributed by atoms with van der Waals surface area (Å²) in [6.45, 7) is 1.93. The number of carbonyl (C=O) groups is 3. The van der Waals surface area contributed by atoms with Gasteiger partial charge in [-0.1, -0.05) is 29.8 Å². The van der Waals surface area contributed by atoms with Crippen LogP contribution >= 0.6 is 23.4 Å². The molecule has 27 heavy (non-hydrogen) atoms. The van der Waals surface area contributed by atoms with Crippen LogP contribution in [0.15, 0.2) is 34.2 Å². The third kappa shape index (κ3) is 5.42. The first-order chi connectivity index (χ1) is 13.0. The Morgan fingerprint density at radius 1 is 1.44 bits per heavy atom. The van der Waals surface area contributed by atoms with Crippen molar-refractivity contribution in [1.29, 1.82) is 5.26 Å². The zero-order chi connectivity index (χ0) is 19.8. The third-order valence-corrected chi connectivity index (χ3v) is 4.70. The first-order valence-electron chi connectivity index (χ1n) is 8.04. The Hall–Kier alpha value is -2.63. The van der Waals surface area contributed by atoms with Gasteiger partial charge in [-0.05, 0) is 36.4 Å². The van der Waals surface area contributed by atoms with Crippen molar-refractivity contribution in [3.63, 3.8) is 0 Å². The highest BCUT2D eigenvalue weighted by atomic mass is 35.5. The lowest BCUT2D eigenvalue weighted by Gasteiger charge is -2.10. The fraction of sp³-hybridized carbons (Fsp3) is 0.278. The summed E-state index contributed by atoms with van der Waals surface area (Å²) in [7, 11) is 0. The zero-order valence-corrected chi connectivity index (χ0v) is 16.0. The molecule has 0 spiro atoms. The number of esters is 1. The predicted molar refractivity (Wildman–Crippen MR) is 103 cm³/mol. The molecule has 2 amide bonds. The number of nitrogens with zero attached hydrogens (tertiary/aromatic N) is 3. The van der Waals surface area contributed by atoms with Gasteiger partial charge in [0.1, 0.15) is 0 Å². The maximum atomic E-state index is 12.4. The number of hydrogen-bond donors (Lipinski definition) is 0. The number of carbonyl (C=O) groups excluding carboxylic acids is 3. The van der Waals surface area contributed by atoms with Gasteiger partial charge in [0.2, 0.25) is 0 Å². The van der Waals surface area contributed by atoms with Crippen molar-refractivity contribution in [2.45, 2.75) is 6.92 Å². The van der Waals surface area contributed by atoms with Gasteiger partial charge in [0.25, 0.3) is 11.1 Å². The smallest absolute Gasteiger partial charge is 0.328 e. The van der Waals surface area contributed by atoms with Crippen LogP contribution in [0.3, 0.4) is 0 Å². The molecule has 0 N–H and O–H groups in total. The van der Waals surface area contributed by atoms with Gasteiger partial charge in [-0.25, -0.2) is 0 Å². The number of halogens is 1. The molecule has 140 valence electrons. The summed E-state index contributed by atoms with van der Waals surface area (Å²) in [5.74, 6) is -2.22. The molecule has 1 fully saturated rings. The molecule has 1 aromatic carbocycles. The lowest BCUT2D eigenvalue weighted by atomic mass is 10.2. The topological polar surface area (TPSA) is 99.8 Å². The van der Waals surface area contributed by atoms with E-state index in [1.54, 1.807) is 43.3 Å². The van der Waals surface area contributed by atoms with Gasteiger partial charge in [0.15, 0.2) is 5.92 Å². The highest BCUT2D eigenvalue weighted by Gasteiger charge is 2.34. The van der Waals surface area contributed by atoms with Crippen molar-refractivity contribution in [2.75, 3.05) is 19.7 Å². The highest BCUT2D eigenvalue weighted by molar-refractivity contribution is 8.18. The maximum absolute atomic E-state index is 12.4. The number of hydrogen-bond acceptors (Lipinski definition) is 7. The molecular formula is C18H16ClN3O4S. The van der Waals surface area contributed by atoms with Crippen LogP contribution in [-0.4, -0.2) is 47.9 Å². The number of imide groups is 1. The van der Waals surface area contributed by atoms with Crippen LogP contribution in [0.25, 0.3) is 6.08 Å². The summed E-state index contributed by atoms with van der Waals surface area (Å²) in [6.07, 6.45) is 2.74. The van der Waals surface area contributed by atoms with E-state index in [1.807, 2.05) is 0 Å². The summed E-state index contributed by atoms with van der Waals surface area (Å²) in [4.78, 5) is 41.3. The first kappa shape index (κ1) is 20.7. The molecule has 0 unspecified atom stereocenters. The van der Waals surface area contributed by atoms with E-state index >= 15 is 0 Å². The van der Waals surface area contributed by atoms with Gasteiger partial charge in [-0.3, -0.25) is 24.3 Å². The van der Waals surface area contributed by atoms with Crippen molar-refractivity contribution >= 4 is 52.8 Å². The fourth-order valence-corrected chi connectivity index (χ4v) is 3.19. The molecule has 7 nitrogen and oxygen atoms in total. The molecule has 9 heteroatoms. The van der Waals surface area contributed by atoms with Crippen molar-refractivity contribution in [2.24, 2.45) is 10.9 Å². The van der Waals surface area contributed by atoms with Gasteiger partial charge < -0.3 is 4.74 Å². The van der Waals surface area contributed by atoms with Crippen molar-refractivity contribution in [3.8, 4) is 6.07 Å². The van der Waals surface area contributed by atoms with E-state index in [0.29, 0.717) is 10.6 Å². The van der Waals surface area contributed by atoms with Crippen molar-refractivity contribution in [3.05, 3.63) is 39.8 Å². The summed E-state index contributed by atoms with van der Waals surface area (Å²) >= 11 is 6.90. The van der Waals surface area contributed by atoms with E-state index < -0.39 is 23.0 Å². The van der Waals surface area contributed by atoms with E-state index in [1.165, 1.54) is 0 Å². The number of ether oxygens (including phenoxy) is 1. The molecule has 1 aromatic rings. The maximum Gasteiger partial charge on any atom is 0.328 e. The summed E-state index contributed by atoms with van der Waals surface area (Å²) in [5, 5.41) is 9.01. The normalized spacial score (nSPS) is 16.8. The molecule has 2 rings (SSSR count). The second kappa shape index (κ2) is 9.90. The molecule has 1 aliphatic rings. The zero-order valence-electron chi connectivity index (χ0n) is 14.4. The Kier molecular flexibility index (Phi) is 7.58. The molecule has 1 heterocycles. The van der Waals surface area contributed by atoms with Gasteiger partial charge in [0.05, 0.1) is 24.1 Å². The van der Waals surface area contributed by atoms with Crippen molar-refractivity contribution < 1.29 is 19.1 Å². The molecule has 1 atom stereocenters. The van der Waals surface area contributed by atoms with E-state index in [9.17, 15) is 14.4 Å². The van der Waals surface area contributed by atoms with Crippen LogP contribution in [0.2, 0.25) is 5.02 Å². The summed E-state index contributed by atoms with van der Waals surface area (Å²) < 4.78 is 4.75. The second-order valence-electron chi connectivity index (χ2n) is 5.27. The second-order valence-corrected chi connectivity index (χ2v) is 6.67. The Balaban J connectivity index is 1.98. The monoisotopic (exact) mass is 405 g/mol. The molecule has 0 aliphatic carbocycles. The van der Waals surface area contributed by atoms with Crippen LogP contribution < -0.4 is 0 Å². The van der Waals surface area contributed by atoms with Gasteiger partial charge in [0, 0.05) is 17.8 Å². The highest BCUT2D eigenvalue weighted by Crippen LogP contribution is 2.33. The SMILES string of the molecule is CCOC(=O)[C@H](C#N)C=NCCN1C(=O)S/C(=C\c2ccccc2Cl)C1=O. The average molecular weight is 406 g/mol. The molecule has 0 saturated carbocycles. The lowest BCUT2D eigenvalue weighted by Crippen LogP contribution is -2.30. The van der Waals surface area contributed by atoms with E-state index in [0.717, 1.165) is 22.9 Å². The summed E-state index contributed by atoms with van der Waals surface area (Å²) in [6, 6.07) is 8.77. The number of amides is 2. The van der Waals surface area contributed by atoms with Gasteiger partial charge >= 0.3 is 5.97 Å². The van der Waals surface area contributed by atoms with Crippen LogP contribution in [-0.2, 0) is 14.3 Å². The van der Waals surface area contributed by atoms with Crippen LogP contribution in [0.5, 0.6) is 0 Å². The first-order valence-corrected chi connectivity index (χ1v) is 9.23. The molecular weight excluding hydrogens is 390 g/mol. The minimum absolute atomic E-state index is 0.0437. The minimum Gasteiger partial charge on any atom is -0.465 e. The Bertz CT molecular complexity index is 847. The molecule has 0 aromatic heterocycles. The largest absolute Gasteiger partial charge is 0.465 e. The number of nitriles is 1. The Morgan fingerprint density at radius 2 is 2.19 bits per heavy atom. The van der Waals surface area contributed by atoms with Crippen molar-refractivity contribution in [1.82, 2.24) is 4.90 Å². The van der Waals surface area contributed by atoms with Gasteiger partial charge in [-0.15, -0.1) is 0 Å². The van der Waals surface area contributed by atoms with Gasteiger partial charge in [-0.2, -0.15) is 5.26 Å². The van der Waals surface area contributed by atoms with Crippen LogP contribution in [0, 0.1) is 17.2 Å². The number of benzene rings is 1. The summed E-state index contributed by atoms with van der Waals surface area (Å²) in [5.41, 5.74) is 0.647. The molecule has 0 radical (unpaired) electrons. The average Bonchev–Trinajstić information content (AvgIpc) is 2.91. The quantitative estimate of drug-likeness (QED) is 0.392. The molecule has 1 saturated heterocycles. The standard InChI is InChI=1S/C18H16ClN3O4S/c1-2-26-17(24)13(10-20)11-21-7-8-22-16(23)15(27-18(22)25)9-12-5-3-4-6-14(12)19/h3-6,9,11,13H,2,7-8H2,1H3/b15-9-,21-11?/t13-/m1/s1. The van der Waals surface area contributed by atoms with E-state index in [-0.39, 0.29) is 24.6 Å². The number of thioether (sulfide) groups is 1. The lowest BCUT2D eigenvalue weighted by molar-refractivity contribution is -0.143. The van der Waals surface area contributed by atoms with Crippen LogP contribution in [0.1, 0.15) is 12.5 Å². The van der Waals surface area contributed by atoms with E-state index in [4.69, 9.17) is 21.6 Å². The Labute approximate surface area is 165 Å².